The summed E-state index contributed by atoms with van der Waals surface area (Å²) < 4.78 is 5.39. The van der Waals surface area contributed by atoms with Crippen LogP contribution in [0.3, 0.4) is 0 Å². The van der Waals surface area contributed by atoms with Gasteiger partial charge in [0.1, 0.15) is 5.75 Å². The van der Waals surface area contributed by atoms with Crippen LogP contribution in [0.25, 0.3) is 0 Å². The summed E-state index contributed by atoms with van der Waals surface area (Å²) in [5.74, 6) is 1.15. The molecule has 19 heavy (non-hydrogen) atoms. The number of nitrogens with one attached hydrogen (secondary N) is 1. The van der Waals surface area contributed by atoms with Gasteiger partial charge in [0, 0.05) is 12.0 Å². The smallest absolute Gasteiger partial charge is 0.257 e. The van der Waals surface area contributed by atoms with Crippen LogP contribution in [0.2, 0.25) is 0 Å². The number of benzene rings is 2. The third kappa shape index (κ3) is 3.13. The number of hydrogen-bond acceptors (Lipinski definition) is 3. The van der Waals surface area contributed by atoms with Gasteiger partial charge in [0.05, 0.1) is 0 Å². The van der Waals surface area contributed by atoms with Crippen LogP contribution >= 0.6 is 0 Å². The standard InChI is InChI=1S/C16H17NO2/c18-16(19-13-9-5-2-6-10-13)17-15-11-14(15)12-7-3-1-4-8-12/h1-10,14-18H,11H2. The Labute approximate surface area is 112 Å². The molecule has 0 radical (unpaired) electrons. The predicted octanol–water partition coefficient (Wildman–Crippen LogP) is 2.49. The molecule has 0 amide bonds. The minimum atomic E-state index is -0.957. The monoisotopic (exact) mass is 255 g/mol. The molecule has 98 valence electrons. The summed E-state index contributed by atoms with van der Waals surface area (Å²) >= 11 is 0. The van der Waals surface area contributed by atoms with Gasteiger partial charge in [0.2, 0.25) is 0 Å². The molecule has 2 aromatic rings. The summed E-state index contributed by atoms with van der Waals surface area (Å²) in [6.07, 6.45) is 0.0836. The van der Waals surface area contributed by atoms with Crippen LogP contribution in [0.4, 0.5) is 0 Å². The molecule has 0 bridgehead atoms. The van der Waals surface area contributed by atoms with E-state index in [1.54, 1.807) is 0 Å². The average molecular weight is 255 g/mol. The molecule has 3 rings (SSSR count). The first-order chi connectivity index (χ1) is 9.33. The average Bonchev–Trinajstić information content (AvgIpc) is 3.20. The van der Waals surface area contributed by atoms with E-state index < -0.39 is 6.41 Å². The zero-order valence-electron chi connectivity index (χ0n) is 10.6. The molecule has 0 aromatic heterocycles. The maximum atomic E-state index is 9.84. The fraction of sp³-hybridized carbons (Fsp3) is 0.250. The number of ether oxygens (including phenoxy) is 1. The second-order valence-electron chi connectivity index (χ2n) is 4.81. The summed E-state index contributed by atoms with van der Waals surface area (Å²) in [5, 5.41) is 12.9. The van der Waals surface area contributed by atoms with Crippen molar-refractivity contribution in [1.29, 1.82) is 0 Å². The minimum Gasteiger partial charge on any atom is -0.451 e. The summed E-state index contributed by atoms with van der Waals surface area (Å²) in [5.41, 5.74) is 1.31. The van der Waals surface area contributed by atoms with Crippen LogP contribution in [0.15, 0.2) is 60.7 Å². The van der Waals surface area contributed by atoms with Gasteiger partial charge in [0.15, 0.2) is 0 Å². The van der Waals surface area contributed by atoms with E-state index in [0.29, 0.717) is 17.7 Å². The maximum absolute atomic E-state index is 9.84. The van der Waals surface area contributed by atoms with Crippen LogP contribution in [0, 0.1) is 0 Å². The zero-order valence-corrected chi connectivity index (χ0v) is 10.6. The maximum Gasteiger partial charge on any atom is 0.257 e. The largest absolute Gasteiger partial charge is 0.451 e. The Morgan fingerprint density at radius 1 is 1.00 bits per heavy atom. The van der Waals surface area contributed by atoms with E-state index in [-0.39, 0.29) is 0 Å². The number of aliphatic hydroxyl groups is 1. The van der Waals surface area contributed by atoms with E-state index in [9.17, 15) is 5.11 Å². The molecule has 3 atom stereocenters. The zero-order chi connectivity index (χ0) is 13.1. The first kappa shape index (κ1) is 12.2. The molecule has 3 heteroatoms. The Morgan fingerprint density at radius 3 is 2.32 bits per heavy atom. The summed E-state index contributed by atoms with van der Waals surface area (Å²) in [4.78, 5) is 0. The topological polar surface area (TPSA) is 41.5 Å². The SMILES string of the molecule is OC(NC1CC1c1ccccc1)Oc1ccccc1. The van der Waals surface area contributed by atoms with Gasteiger partial charge in [-0.25, -0.2) is 0 Å². The molecule has 1 fully saturated rings. The van der Waals surface area contributed by atoms with Gasteiger partial charge in [-0.15, -0.1) is 0 Å². The summed E-state index contributed by atoms with van der Waals surface area (Å²) in [7, 11) is 0. The van der Waals surface area contributed by atoms with Crippen LogP contribution in [-0.2, 0) is 0 Å². The molecule has 0 saturated heterocycles. The number of aliphatic hydroxyl groups excluding tert-OH is 1. The van der Waals surface area contributed by atoms with Crippen LogP contribution < -0.4 is 10.1 Å². The highest BCUT2D eigenvalue weighted by atomic mass is 16.6. The molecule has 0 spiro atoms. The van der Waals surface area contributed by atoms with Crippen LogP contribution in [0.5, 0.6) is 5.75 Å². The lowest BCUT2D eigenvalue weighted by Gasteiger charge is -2.14. The highest BCUT2D eigenvalue weighted by molar-refractivity contribution is 5.27. The van der Waals surface area contributed by atoms with Gasteiger partial charge < -0.3 is 9.84 Å². The highest BCUT2D eigenvalue weighted by Gasteiger charge is 2.39. The number of hydrogen-bond donors (Lipinski definition) is 2. The van der Waals surface area contributed by atoms with Crippen molar-refractivity contribution in [1.82, 2.24) is 5.32 Å². The Kier molecular flexibility index (Phi) is 3.49. The van der Waals surface area contributed by atoms with Crippen LogP contribution in [-0.4, -0.2) is 17.6 Å². The fourth-order valence-corrected chi connectivity index (χ4v) is 2.29. The van der Waals surface area contributed by atoms with E-state index in [1.807, 2.05) is 48.5 Å². The van der Waals surface area contributed by atoms with Gasteiger partial charge >= 0.3 is 0 Å². The molecule has 1 saturated carbocycles. The first-order valence-corrected chi connectivity index (χ1v) is 6.54. The lowest BCUT2D eigenvalue weighted by atomic mass is 10.1. The summed E-state index contributed by atoms with van der Waals surface area (Å²) in [6.45, 7) is 0. The Balaban J connectivity index is 1.51. The van der Waals surface area contributed by atoms with Crippen molar-refractivity contribution >= 4 is 0 Å². The van der Waals surface area contributed by atoms with Crippen molar-refractivity contribution in [3.8, 4) is 5.75 Å². The van der Waals surface area contributed by atoms with Gasteiger partial charge in [0.25, 0.3) is 6.41 Å². The van der Waals surface area contributed by atoms with Crippen molar-refractivity contribution in [2.45, 2.75) is 24.8 Å². The lowest BCUT2D eigenvalue weighted by molar-refractivity contribution is -0.0456. The van der Waals surface area contributed by atoms with E-state index >= 15 is 0 Å². The minimum absolute atomic E-state index is 0.293. The van der Waals surface area contributed by atoms with Gasteiger partial charge in [-0.2, -0.15) is 0 Å². The lowest BCUT2D eigenvalue weighted by Crippen LogP contribution is -2.36. The van der Waals surface area contributed by atoms with Crippen molar-refractivity contribution in [3.63, 3.8) is 0 Å². The molecule has 3 nitrogen and oxygen atoms in total. The molecule has 0 aliphatic heterocycles. The molecular weight excluding hydrogens is 238 g/mol. The molecule has 3 unspecified atom stereocenters. The van der Waals surface area contributed by atoms with Gasteiger partial charge in [-0.1, -0.05) is 48.5 Å². The second kappa shape index (κ2) is 5.43. The predicted molar refractivity (Wildman–Crippen MR) is 73.8 cm³/mol. The number of rotatable bonds is 5. The quantitative estimate of drug-likeness (QED) is 0.807. The Hall–Kier alpha value is -1.84. The van der Waals surface area contributed by atoms with Crippen molar-refractivity contribution in [2.75, 3.05) is 0 Å². The molecule has 1 aliphatic carbocycles. The van der Waals surface area contributed by atoms with E-state index in [2.05, 4.69) is 17.4 Å². The van der Waals surface area contributed by atoms with Crippen molar-refractivity contribution in [2.24, 2.45) is 0 Å². The summed E-state index contributed by atoms with van der Waals surface area (Å²) in [6, 6.07) is 20.0. The molecule has 2 N–H and O–H groups in total. The van der Waals surface area contributed by atoms with E-state index in [4.69, 9.17) is 4.74 Å². The van der Waals surface area contributed by atoms with Crippen LogP contribution in [0.1, 0.15) is 17.9 Å². The first-order valence-electron chi connectivity index (χ1n) is 6.54. The van der Waals surface area contributed by atoms with Crippen molar-refractivity contribution < 1.29 is 9.84 Å². The Bertz CT molecular complexity index is 515. The van der Waals surface area contributed by atoms with E-state index in [1.165, 1.54) is 5.56 Å². The molecule has 2 aromatic carbocycles. The van der Waals surface area contributed by atoms with Gasteiger partial charge in [-0.3, -0.25) is 5.32 Å². The van der Waals surface area contributed by atoms with Gasteiger partial charge in [-0.05, 0) is 24.1 Å². The number of para-hydroxylation sites is 1. The third-order valence-electron chi connectivity index (χ3n) is 3.37. The Morgan fingerprint density at radius 2 is 1.63 bits per heavy atom. The fourth-order valence-electron chi connectivity index (χ4n) is 2.29. The third-order valence-corrected chi connectivity index (χ3v) is 3.37. The van der Waals surface area contributed by atoms with E-state index in [0.717, 1.165) is 6.42 Å². The van der Waals surface area contributed by atoms with Crippen molar-refractivity contribution in [3.05, 3.63) is 66.2 Å². The molecule has 1 aliphatic rings. The normalized spacial score (nSPS) is 22.8. The highest BCUT2D eigenvalue weighted by Crippen LogP contribution is 2.40. The molecule has 0 heterocycles. The second-order valence-corrected chi connectivity index (χ2v) is 4.81. The molecular formula is C16H17NO2.